The maximum absolute atomic E-state index is 5.46. The van der Waals surface area contributed by atoms with Gasteiger partial charge in [-0.1, -0.05) is 25.0 Å². The lowest BCUT2D eigenvalue weighted by Gasteiger charge is -2.32. The summed E-state index contributed by atoms with van der Waals surface area (Å²) in [7, 11) is 0. The molecule has 0 aliphatic carbocycles. The van der Waals surface area contributed by atoms with E-state index in [9.17, 15) is 0 Å². The molecule has 1 saturated heterocycles. The monoisotopic (exact) mass is 227 g/mol. The van der Waals surface area contributed by atoms with E-state index in [-0.39, 0.29) is 0 Å². The first-order valence-corrected chi connectivity index (χ1v) is 6.62. The Morgan fingerprint density at radius 1 is 1.47 bits per heavy atom. The van der Waals surface area contributed by atoms with Crippen molar-refractivity contribution < 1.29 is 0 Å². The number of hydrogen-bond donors (Lipinski definition) is 0. The molecule has 0 aromatic heterocycles. The molecule has 1 heteroatoms. The summed E-state index contributed by atoms with van der Waals surface area (Å²) in [6.45, 7) is 5.94. The van der Waals surface area contributed by atoms with Crippen LogP contribution in [-0.2, 0) is 0 Å². The van der Waals surface area contributed by atoms with E-state index in [1.54, 1.807) is 0 Å². The number of rotatable bonds is 3. The molecule has 17 heavy (non-hydrogen) atoms. The highest BCUT2D eigenvalue weighted by Gasteiger charge is 2.20. The summed E-state index contributed by atoms with van der Waals surface area (Å²) in [5.41, 5.74) is 2.43. The summed E-state index contributed by atoms with van der Waals surface area (Å²) in [6.07, 6.45) is 9.32. The fourth-order valence-electron chi connectivity index (χ4n) is 2.73. The fourth-order valence-corrected chi connectivity index (χ4v) is 2.73. The Kier molecular flexibility index (Phi) is 4.23. The number of piperidine rings is 1. The number of benzene rings is 1. The molecular weight excluding hydrogens is 206 g/mol. The topological polar surface area (TPSA) is 3.24 Å². The van der Waals surface area contributed by atoms with Gasteiger partial charge in [0.05, 0.1) is 0 Å². The summed E-state index contributed by atoms with van der Waals surface area (Å²) in [5.74, 6) is 3.40. The van der Waals surface area contributed by atoms with E-state index in [2.05, 4.69) is 35.9 Å². The number of nitrogens with zero attached hydrogens (tertiary/aromatic N) is 1. The second kappa shape index (κ2) is 5.89. The van der Waals surface area contributed by atoms with Crippen LogP contribution in [0.15, 0.2) is 24.3 Å². The third kappa shape index (κ3) is 3.11. The molecule has 0 bridgehead atoms. The lowest BCUT2D eigenvalue weighted by Crippen LogP contribution is -2.34. The molecule has 1 aliphatic rings. The predicted octanol–water partition coefficient (Wildman–Crippen LogP) is 3.26. The van der Waals surface area contributed by atoms with Crippen molar-refractivity contribution in [2.45, 2.75) is 32.1 Å². The minimum Gasteiger partial charge on any atom is -0.303 e. The van der Waals surface area contributed by atoms with Gasteiger partial charge >= 0.3 is 0 Å². The van der Waals surface area contributed by atoms with Crippen molar-refractivity contribution in [2.75, 3.05) is 19.6 Å². The molecule has 1 aromatic carbocycles. The van der Waals surface area contributed by atoms with Crippen molar-refractivity contribution >= 4 is 0 Å². The smallest absolute Gasteiger partial charge is 0.0245 e. The normalized spacial score (nSPS) is 21.1. The number of hydrogen-bond acceptors (Lipinski definition) is 1. The van der Waals surface area contributed by atoms with Crippen molar-refractivity contribution in [3.05, 3.63) is 35.4 Å². The van der Waals surface area contributed by atoms with Gasteiger partial charge in [-0.25, -0.2) is 0 Å². The van der Waals surface area contributed by atoms with Crippen LogP contribution in [0.2, 0.25) is 0 Å². The Bertz CT molecular complexity index is 400. The maximum Gasteiger partial charge on any atom is 0.0245 e. The van der Waals surface area contributed by atoms with Gasteiger partial charge in [-0.05, 0) is 56.0 Å². The Morgan fingerprint density at radius 2 is 2.35 bits per heavy atom. The van der Waals surface area contributed by atoms with E-state index in [0.717, 1.165) is 5.56 Å². The van der Waals surface area contributed by atoms with Crippen molar-refractivity contribution in [1.82, 2.24) is 4.90 Å². The Hall–Kier alpha value is -1.26. The van der Waals surface area contributed by atoms with Crippen LogP contribution in [0.3, 0.4) is 0 Å². The molecule has 0 radical (unpaired) electrons. The van der Waals surface area contributed by atoms with Crippen LogP contribution in [0.1, 0.15) is 43.2 Å². The summed E-state index contributed by atoms with van der Waals surface area (Å²) in [4.78, 5) is 2.58. The molecule has 0 N–H and O–H groups in total. The first-order valence-electron chi connectivity index (χ1n) is 6.62. The van der Waals surface area contributed by atoms with Gasteiger partial charge < -0.3 is 4.90 Å². The standard InChI is InChI=1S/C16H21N/c1-3-10-17-11-6-9-16(13-17)15-8-5-7-14(4-2)12-15/h2,5,7-8,12,16H,3,6,9-11,13H2,1H3/t16-/m1/s1. The quantitative estimate of drug-likeness (QED) is 0.716. The summed E-state index contributed by atoms with van der Waals surface area (Å²) < 4.78 is 0. The Balaban J connectivity index is 2.08. The first kappa shape index (κ1) is 12.2. The van der Waals surface area contributed by atoms with Crippen molar-refractivity contribution in [1.29, 1.82) is 0 Å². The van der Waals surface area contributed by atoms with Gasteiger partial charge in [-0.3, -0.25) is 0 Å². The van der Waals surface area contributed by atoms with Gasteiger partial charge in [-0.2, -0.15) is 0 Å². The molecule has 0 saturated carbocycles. The Morgan fingerprint density at radius 3 is 3.12 bits per heavy atom. The minimum atomic E-state index is 0.670. The van der Waals surface area contributed by atoms with E-state index in [1.807, 2.05) is 6.07 Å². The highest BCUT2D eigenvalue weighted by molar-refractivity contribution is 5.36. The zero-order chi connectivity index (χ0) is 12.1. The van der Waals surface area contributed by atoms with Gasteiger partial charge in [-0.15, -0.1) is 6.42 Å². The average molecular weight is 227 g/mol. The predicted molar refractivity (Wildman–Crippen MR) is 73.1 cm³/mol. The zero-order valence-electron chi connectivity index (χ0n) is 10.7. The third-order valence-electron chi connectivity index (χ3n) is 3.57. The minimum absolute atomic E-state index is 0.670. The molecule has 1 heterocycles. The summed E-state index contributed by atoms with van der Waals surface area (Å²) in [6, 6.07) is 8.50. The lowest BCUT2D eigenvalue weighted by molar-refractivity contribution is 0.208. The fraction of sp³-hybridized carbons (Fsp3) is 0.500. The summed E-state index contributed by atoms with van der Waals surface area (Å²) in [5, 5.41) is 0. The molecule has 1 aromatic rings. The largest absolute Gasteiger partial charge is 0.303 e. The van der Waals surface area contributed by atoms with E-state index >= 15 is 0 Å². The molecule has 0 amide bonds. The van der Waals surface area contributed by atoms with E-state index < -0.39 is 0 Å². The van der Waals surface area contributed by atoms with E-state index in [4.69, 9.17) is 6.42 Å². The highest BCUT2D eigenvalue weighted by atomic mass is 15.1. The van der Waals surface area contributed by atoms with Crippen molar-refractivity contribution in [2.24, 2.45) is 0 Å². The average Bonchev–Trinajstić information content (AvgIpc) is 2.40. The molecule has 2 rings (SSSR count). The van der Waals surface area contributed by atoms with Crippen LogP contribution in [0.25, 0.3) is 0 Å². The maximum atomic E-state index is 5.46. The summed E-state index contributed by atoms with van der Waals surface area (Å²) >= 11 is 0. The second-order valence-electron chi connectivity index (χ2n) is 4.91. The van der Waals surface area contributed by atoms with Gasteiger partial charge in [0.15, 0.2) is 0 Å². The van der Waals surface area contributed by atoms with Gasteiger partial charge in [0, 0.05) is 12.1 Å². The van der Waals surface area contributed by atoms with Gasteiger partial charge in [0.1, 0.15) is 0 Å². The van der Waals surface area contributed by atoms with Crippen LogP contribution in [0, 0.1) is 12.3 Å². The molecule has 90 valence electrons. The van der Waals surface area contributed by atoms with Gasteiger partial charge in [0.2, 0.25) is 0 Å². The van der Waals surface area contributed by atoms with E-state index in [1.165, 1.54) is 44.5 Å². The van der Waals surface area contributed by atoms with Crippen molar-refractivity contribution in [3.8, 4) is 12.3 Å². The molecular formula is C16H21N. The molecule has 1 fully saturated rings. The van der Waals surface area contributed by atoms with Crippen LogP contribution >= 0.6 is 0 Å². The van der Waals surface area contributed by atoms with E-state index in [0.29, 0.717) is 5.92 Å². The van der Waals surface area contributed by atoms with Crippen LogP contribution < -0.4 is 0 Å². The third-order valence-corrected chi connectivity index (χ3v) is 3.57. The van der Waals surface area contributed by atoms with Crippen LogP contribution in [-0.4, -0.2) is 24.5 Å². The van der Waals surface area contributed by atoms with Crippen LogP contribution in [0.4, 0.5) is 0 Å². The molecule has 0 spiro atoms. The highest BCUT2D eigenvalue weighted by Crippen LogP contribution is 2.27. The Labute approximate surface area is 105 Å². The molecule has 0 unspecified atom stereocenters. The number of terminal acetylenes is 1. The second-order valence-corrected chi connectivity index (χ2v) is 4.91. The number of likely N-dealkylation sites (tertiary alicyclic amines) is 1. The molecule has 1 nitrogen and oxygen atoms in total. The lowest BCUT2D eigenvalue weighted by atomic mass is 9.89. The van der Waals surface area contributed by atoms with Crippen LogP contribution in [0.5, 0.6) is 0 Å². The molecule has 1 atom stereocenters. The van der Waals surface area contributed by atoms with Crippen molar-refractivity contribution in [3.63, 3.8) is 0 Å². The zero-order valence-corrected chi connectivity index (χ0v) is 10.7. The SMILES string of the molecule is C#Cc1cccc([C@@H]2CCCN(CCC)C2)c1. The molecule has 1 aliphatic heterocycles. The first-order chi connectivity index (χ1) is 8.33. The van der Waals surface area contributed by atoms with Gasteiger partial charge in [0.25, 0.3) is 0 Å².